The van der Waals surface area contributed by atoms with Gasteiger partial charge in [-0.25, -0.2) is 0 Å². The van der Waals surface area contributed by atoms with Gasteiger partial charge in [-0.3, -0.25) is 19.4 Å². The number of benzene rings is 1. The summed E-state index contributed by atoms with van der Waals surface area (Å²) in [5, 5.41) is 2.68. The number of hydrogen-bond acceptors (Lipinski definition) is 9. The Hall–Kier alpha value is -2.28. The number of nitrogens with one attached hydrogen (secondary N) is 1. The van der Waals surface area contributed by atoms with Crippen molar-refractivity contribution < 1.29 is 28.5 Å². The molecule has 1 aromatic carbocycles. The molecule has 2 heterocycles. The molecule has 11 nitrogen and oxygen atoms in total. The minimum Gasteiger partial charge on any atom is -0.492 e. The van der Waals surface area contributed by atoms with E-state index in [1.165, 1.54) is 25.9 Å². The van der Waals surface area contributed by atoms with E-state index in [1.54, 1.807) is 19.0 Å². The third kappa shape index (κ3) is 14.8. The van der Waals surface area contributed by atoms with Gasteiger partial charge in [0, 0.05) is 73.1 Å². The molecule has 0 aromatic heterocycles. The zero-order valence-electron chi connectivity index (χ0n) is 26.8. The number of likely N-dealkylation sites (N-methyl/N-ethyl adjacent to an activating group) is 2. The highest BCUT2D eigenvalue weighted by molar-refractivity contribution is 5.77. The van der Waals surface area contributed by atoms with Gasteiger partial charge in [-0.2, -0.15) is 0 Å². The van der Waals surface area contributed by atoms with E-state index >= 15 is 0 Å². The Morgan fingerprint density at radius 3 is 2.12 bits per heavy atom. The molecule has 0 aliphatic carbocycles. The van der Waals surface area contributed by atoms with E-state index in [2.05, 4.69) is 26.9 Å². The van der Waals surface area contributed by atoms with E-state index in [1.807, 2.05) is 24.3 Å². The number of likely N-dealkylation sites (tertiary alicyclic amines) is 1. The van der Waals surface area contributed by atoms with Crippen LogP contribution in [0.3, 0.4) is 0 Å². The number of nitrogens with zero attached hydrogens (tertiary/aromatic N) is 4. The lowest BCUT2D eigenvalue weighted by atomic mass is 9.99. The van der Waals surface area contributed by atoms with Crippen molar-refractivity contribution in [2.45, 2.75) is 32.7 Å². The number of hydrogen-bond donors (Lipinski definition) is 1. The van der Waals surface area contributed by atoms with Crippen molar-refractivity contribution in [3.8, 4) is 5.75 Å². The lowest BCUT2D eigenvalue weighted by molar-refractivity contribution is -0.135. The molecule has 2 fully saturated rings. The van der Waals surface area contributed by atoms with Gasteiger partial charge in [0.15, 0.2) is 0 Å². The van der Waals surface area contributed by atoms with E-state index in [4.69, 9.17) is 18.9 Å². The van der Waals surface area contributed by atoms with Crippen LogP contribution in [0.25, 0.3) is 0 Å². The third-order valence-corrected chi connectivity index (χ3v) is 8.16. The van der Waals surface area contributed by atoms with E-state index in [0.717, 1.165) is 69.5 Å². The molecule has 43 heavy (non-hydrogen) atoms. The average molecular weight is 606 g/mol. The largest absolute Gasteiger partial charge is 0.492 e. The Bertz CT molecular complexity index is 904. The van der Waals surface area contributed by atoms with Crippen LogP contribution in [0, 0.1) is 5.92 Å². The lowest BCUT2D eigenvalue weighted by Gasteiger charge is -2.34. The summed E-state index contributed by atoms with van der Waals surface area (Å²) >= 11 is 0. The first-order valence-electron chi connectivity index (χ1n) is 16.0. The van der Waals surface area contributed by atoms with E-state index in [0.29, 0.717) is 46.1 Å². The summed E-state index contributed by atoms with van der Waals surface area (Å²) in [4.78, 5) is 32.7. The van der Waals surface area contributed by atoms with Gasteiger partial charge in [-0.05, 0) is 56.0 Å². The predicted octanol–water partition coefficient (Wildman–Crippen LogP) is 1.56. The van der Waals surface area contributed by atoms with Gasteiger partial charge in [-0.15, -0.1) is 0 Å². The van der Waals surface area contributed by atoms with Gasteiger partial charge in [0.1, 0.15) is 19.0 Å². The monoisotopic (exact) mass is 605 g/mol. The molecule has 2 amide bonds. The van der Waals surface area contributed by atoms with Crippen molar-refractivity contribution in [3.63, 3.8) is 0 Å². The number of rotatable bonds is 20. The molecule has 0 saturated carbocycles. The lowest BCUT2D eigenvalue weighted by Crippen LogP contribution is -2.49. The SMILES string of the molecule is CNC(=O)CN1CCN(CCOc2ccc(CN(C)C(=O)COCCOCCCOCCN3CCC(C)CC3)cc2)CC1. The molecular formula is C32H55N5O6. The highest BCUT2D eigenvalue weighted by atomic mass is 16.5. The van der Waals surface area contributed by atoms with Crippen molar-refractivity contribution in [1.29, 1.82) is 0 Å². The molecule has 0 bridgehead atoms. The normalized spacial score (nSPS) is 17.2. The first-order chi connectivity index (χ1) is 20.9. The van der Waals surface area contributed by atoms with Crippen LogP contribution >= 0.6 is 0 Å². The molecular weight excluding hydrogens is 550 g/mol. The summed E-state index contributed by atoms with van der Waals surface area (Å²) in [6.45, 7) is 14.9. The molecule has 11 heteroatoms. The zero-order chi connectivity index (χ0) is 30.7. The fourth-order valence-electron chi connectivity index (χ4n) is 5.13. The van der Waals surface area contributed by atoms with Crippen molar-refractivity contribution in [1.82, 2.24) is 24.9 Å². The van der Waals surface area contributed by atoms with Crippen LogP contribution in [0.1, 0.15) is 31.7 Å². The molecule has 1 N–H and O–H groups in total. The van der Waals surface area contributed by atoms with Crippen LogP contribution in [0.15, 0.2) is 24.3 Å². The number of carbonyl (C=O) groups excluding carboxylic acids is 2. The van der Waals surface area contributed by atoms with Crippen molar-refractivity contribution in [3.05, 3.63) is 29.8 Å². The number of ether oxygens (including phenoxy) is 4. The molecule has 2 aliphatic heterocycles. The molecule has 0 atom stereocenters. The minimum atomic E-state index is -0.0627. The molecule has 3 rings (SSSR count). The topological polar surface area (TPSA) is 96.1 Å². The maximum Gasteiger partial charge on any atom is 0.248 e. The minimum absolute atomic E-state index is 0.0412. The Labute approximate surface area is 258 Å². The van der Waals surface area contributed by atoms with E-state index in [9.17, 15) is 9.59 Å². The number of carbonyl (C=O) groups is 2. The molecule has 2 aliphatic rings. The van der Waals surface area contributed by atoms with Crippen LogP contribution in [-0.4, -0.2) is 151 Å². The van der Waals surface area contributed by atoms with Crippen molar-refractivity contribution in [2.75, 3.05) is 119 Å². The fraction of sp³-hybridized carbons (Fsp3) is 0.750. The van der Waals surface area contributed by atoms with Gasteiger partial charge in [0.05, 0.1) is 26.4 Å². The standard InChI is InChI=1S/C32H55N5O6/c1-28-9-11-35(12-10-28)17-21-40-19-4-20-41-23-24-42-27-32(39)34(3)25-29-5-7-30(8-6-29)43-22-18-36-13-15-37(16-14-36)26-31(38)33-2/h5-8,28H,4,9-27H2,1-3H3,(H,33,38). The summed E-state index contributed by atoms with van der Waals surface area (Å²) < 4.78 is 22.8. The molecule has 0 radical (unpaired) electrons. The maximum absolute atomic E-state index is 12.4. The van der Waals surface area contributed by atoms with Crippen LogP contribution in [0.5, 0.6) is 5.75 Å². The second-order valence-electron chi connectivity index (χ2n) is 11.7. The Morgan fingerprint density at radius 1 is 0.814 bits per heavy atom. The second kappa shape index (κ2) is 20.6. The Balaban J connectivity index is 1.14. The van der Waals surface area contributed by atoms with Gasteiger partial charge < -0.3 is 34.1 Å². The predicted molar refractivity (Wildman–Crippen MR) is 167 cm³/mol. The molecule has 0 spiro atoms. The van der Waals surface area contributed by atoms with Crippen LogP contribution < -0.4 is 10.1 Å². The average Bonchev–Trinajstić information content (AvgIpc) is 3.02. The summed E-state index contributed by atoms with van der Waals surface area (Å²) in [7, 11) is 3.46. The van der Waals surface area contributed by atoms with Gasteiger partial charge in [-0.1, -0.05) is 19.1 Å². The molecule has 2 saturated heterocycles. The van der Waals surface area contributed by atoms with Crippen LogP contribution in [0.2, 0.25) is 0 Å². The number of amides is 2. The second-order valence-corrected chi connectivity index (χ2v) is 11.7. The Kier molecular flexibility index (Phi) is 16.9. The smallest absolute Gasteiger partial charge is 0.248 e. The molecule has 0 unspecified atom stereocenters. The number of piperazine rings is 1. The van der Waals surface area contributed by atoms with Crippen LogP contribution in [0.4, 0.5) is 0 Å². The van der Waals surface area contributed by atoms with Gasteiger partial charge in [0.25, 0.3) is 0 Å². The Morgan fingerprint density at radius 2 is 1.42 bits per heavy atom. The third-order valence-electron chi connectivity index (χ3n) is 8.16. The summed E-state index contributed by atoms with van der Waals surface area (Å²) in [6.07, 6.45) is 3.46. The highest BCUT2D eigenvalue weighted by Crippen LogP contribution is 2.16. The number of piperidine rings is 1. The zero-order valence-corrected chi connectivity index (χ0v) is 26.8. The maximum atomic E-state index is 12.4. The van der Waals surface area contributed by atoms with Crippen LogP contribution in [-0.2, 0) is 30.3 Å². The quantitative estimate of drug-likeness (QED) is 0.222. The first kappa shape index (κ1) is 35.2. The molecule has 244 valence electrons. The first-order valence-corrected chi connectivity index (χ1v) is 16.0. The van der Waals surface area contributed by atoms with E-state index < -0.39 is 0 Å². The van der Waals surface area contributed by atoms with Gasteiger partial charge >= 0.3 is 0 Å². The fourth-order valence-corrected chi connectivity index (χ4v) is 5.13. The van der Waals surface area contributed by atoms with Crippen molar-refractivity contribution >= 4 is 11.8 Å². The van der Waals surface area contributed by atoms with E-state index in [-0.39, 0.29) is 18.4 Å². The summed E-state index contributed by atoms with van der Waals surface area (Å²) in [5.74, 6) is 1.68. The molecule has 1 aromatic rings. The highest BCUT2D eigenvalue weighted by Gasteiger charge is 2.18. The summed E-state index contributed by atoms with van der Waals surface area (Å²) in [6, 6.07) is 7.87. The van der Waals surface area contributed by atoms with Gasteiger partial charge in [0.2, 0.25) is 11.8 Å². The summed E-state index contributed by atoms with van der Waals surface area (Å²) in [5.41, 5.74) is 1.03. The van der Waals surface area contributed by atoms with Crippen molar-refractivity contribution in [2.24, 2.45) is 5.92 Å².